The van der Waals surface area contributed by atoms with Crippen LogP contribution >= 0.6 is 11.3 Å². The summed E-state index contributed by atoms with van der Waals surface area (Å²) in [4.78, 5) is 33.8. The smallest absolute Gasteiger partial charge is 0.243 e. The van der Waals surface area contributed by atoms with Gasteiger partial charge >= 0.3 is 0 Å². The second-order valence-corrected chi connectivity index (χ2v) is 11.7. The van der Waals surface area contributed by atoms with Crippen LogP contribution < -0.4 is 5.32 Å². The molecule has 2 aromatic rings. The molecule has 12 heteroatoms. The summed E-state index contributed by atoms with van der Waals surface area (Å²) >= 11 is 1.57. The lowest BCUT2D eigenvalue weighted by Gasteiger charge is -2.30. The zero-order chi connectivity index (χ0) is 31.7. The van der Waals surface area contributed by atoms with Gasteiger partial charge in [0.15, 0.2) is 6.29 Å². The molecular formula is C31H44N4O7S. The van der Waals surface area contributed by atoms with Crippen molar-refractivity contribution in [2.24, 2.45) is 11.8 Å². The third-order valence-electron chi connectivity index (χ3n) is 7.25. The van der Waals surface area contributed by atoms with Gasteiger partial charge in [-0.3, -0.25) is 15.0 Å². The average Bonchev–Trinajstić information content (AvgIpc) is 3.57. The van der Waals surface area contributed by atoms with Crippen molar-refractivity contribution in [3.05, 3.63) is 52.9 Å². The topological polar surface area (TPSA) is 154 Å². The van der Waals surface area contributed by atoms with Crippen molar-refractivity contribution in [3.63, 3.8) is 0 Å². The molecule has 0 radical (unpaired) electrons. The molecule has 4 N–H and O–H groups in total. The van der Waals surface area contributed by atoms with E-state index in [0.29, 0.717) is 13.2 Å². The summed E-state index contributed by atoms with van der Waals surface area (Å²) in [7, 11) is 0. The van der Waals surface area contributed by atoms with Crippen molar-refractivity contribution < 1.29 is 34.0 Å². The number of thiazole rings is 1. The van der Waals surface area contributed by atoms with Crippen LogP contribution in [0.5, 0.6) is 0 Å². The number of nitrogens with one attached hydrogen (secondary N) is 2. The number of β-amino-alcohol motifs (C(OH)–C–C–N with tert-alkyl or cyclic N) is 1. The molecule has 236 valence electrons. The fourth-order valence-corrected chi connectivity index (χ4v) is 5.88. The molecule has 43 heavy (non-hydrogen) atoms. The molecular weight excluding hydrogens is 572 g/mol. The van der Waals surface area contributed by atoms with Crippen LogP contribution in [0.3, 0.4) is 0 Å². The number of aliphatic hydroxyl groups excluding tert-OH is 2. The molecule has 0 bridgehead atoms. The number of rotatable bonds is 14. The Hall–Kier alpha value is -3.32. The number of hydrogen-bond donors (Lipinski definition) is 4. The first-order valence-electron chi connectivity index (χ1n) is 14.6. The first-order chi connectivity index (χ1) is 20.5. The molecule has 1 saturated heterocycles. The normalized spacial score (nSPS) is 18.6. The summed E-state index contributed by atoms with van der Waals surface area (Å²) in [5, 5.41) is 32.5. The third-order valence-corrected chi connectivity index (χ3v) is 8.23. The predicted molar refractivity (Wildman–Crippen MR) is 165 cm³/mol. The molecule has 0 spiro atoms. The number of ether oxygens (including phenoxy) is 3. The number of aromatic nitrogens is 1. The van der Waals surface area contributed by atoms with Gasteiger partial charge in [-0.15, -0.1) is 11.3 Å². The van der Waals surface area contributed by atoms with Gasteiger partial charge in [0.25, 0.3) is 0 Å². The van der Waals surface area contributed by atoms with E-state index in [1.165, 1.54) is 4.90 Å². The Morgan fingerprint density at radius 3 is 2.40 bits per heavy atom. The minimum absolute atomic E-state index is 0.0387. The van der Waals surface area contributed by atoms with Crippen LogP contribution in [0.15, 0.2) is 41.6 Å². The van der Waals surface area contributed by atoms with E-state index in [2.05, 4.69) is 10.3 Å². The number of hydrogen-bond acceptors (Lipinski definition) is 10. The summed E-state index contributed by atoms with van der Waals surface area (Å²) in [5.41, 5.74) is 4.72. The van der Waals surface area contributed by atoms with Crippen molar-refractivity contribution >= 4 is 29.0 Å². The molecule has 1 aliphatic rings. The molecule has 1 aromatic carbocycles. The molecule has 11 nitrogen and oxygen atoms in total. The number of carbonyl (C=O) groups is 2. The Morgan fingerprint density at radius 2 is 1.84 bits per heavy atom. The first kappa shape index (κ1) is 34.2. The second kappa shape index (κ2) is 15.9. The van der Waals surface area contributed by atoms with Crippen molar-refractivity contribution in [1.82, 2.24) is 15.2 Å². The van der Waals surface area contributed by atoms with E-state index in [-0.39, 0.29) is 49.1 Å². The Balaban J connectivity index is 1.68. The molecule has 1 fully saturated rings. The number of nitrogens with zero attached hydrogens (tertiary/aromatic N) is 2. The van der Waals surface area contributed by atoms with Crippen LogP contribution in [-0.4, -0.2) is 82.6 Å². The lowest BCUT2D eigenvalue weighted by Crippen LogP contribution is -2.49. The molecule has 3 rings (SSSR count). The van der Waals surface area contributed by atoms with Crippen molar-refractivity contribution in [2.75, 3.05) is 26.4 Å². The predicted octanol–water partition coefficient (Wildman–Crippen LogP) is 4.36. The van der Waals surface area contributed by atoms with E-state index >= 15 is 0 Å². The fourth-order valence-electron chi connectivity index (χ4n) is 5.07. The van der Waals surface area contributed by atoms with Crippen LogP contribution in [-0.2, 0) is 23.8 Å². The highest BCUT2D eigenvalue weighted by atomic mass is 32.1. The van der Waals surface area contributed by atoms with Crippen LogP contribution in [0.1, 0.15) is 58.3 Å². The summed E-state index contributed by atoms with van der Waals surface area (Å²) in [5.74, 6) is -3.02. The van der Waals surface area contributed by atoms with Gasteiger partial charge in [0, 0.05) is 32.3 Å². The zero-order valence-electron chi connectivity index (χ0n) is 25.7. The summed E-state index contributed by atoms with van der Waals surface area (Å²) in [6.45, 7) is 11.7. The summed E-state index contributed by atoms with van der Waals surface area (Å²) in [6, 6.07) is 6.63. The van der Waals surface area contributed by atoms with Gasteiger partial charge in [-0.2, -0.15) is 0 Å². The maximum atomic E-state index is 13.7. The Kier molecular flexibility index (Phi) is 12.7. The van der Waals surface area contributed by atoms with E-state index in [1.807, 2.05) is 57.5 Å². The number of carbonyl (C=O) groups excluding carboxylic acids is 2. The molecule has 1 aromatic heterocycles. The number of benzene rings is 1. The number of likely N-dealkylation sites (tertiary alicyclic amines) is 1. The minimum atomic E-state index is -1.04. The minimum Gasteiger partial charge on any atom is -0.511 e. The monoisotopic (exact) mass is 616 g/mol. The molecule has 2 heterocycles. The van der Waals surface area contributed by atoms with Gasteiger partial charge in [-0.1, -0.05) is 38.1 Å². The molecule has 1 unspecified atom stereocenters. The van der Waals surface area contributed by atoms with E-state index in [9.17, 15) is 19.8 Å². The lowest BCUT2D eigenvalue weighted by atomic mass is 9.91. The maximum absolute atomic E-state index is 13.7. The Labute approximate surface area is 257 Å². The van der Waals surface area contributed by atoms with Gasteiger partial charge in [-0.25, -0.2) is 4.98 Å². The van der Waals surface area contributed by atoms with Crippen LogP contribution in [0.2, 0.25) is 0 Å². The van der Waals surface area contributed by atoms with Crippen LogP contribution in [0, 0.1) is 24.2 Å². The van der Waals surface area contributed by atoms with Crippen molar-refractivity contribution in [3.8, 4) is 10.4 Å². The fraction of sp³-hybridized carbons (Fsp3) is 0.548. The Bertz CT molecular complexity index is 1260. The average molecular weight is 617 g/mol. The molecule has 0 aliphatic carbocycles. The first-order valence-corrected chi connectivity index (χ1v) is 15.5. The zero-order valence-corrected chi connectivity index (χ0v) is 26.5. The highest BCUT2D eigenvalue weighted by Gasteiger charge is 2.43. The lowest BCUT2D eigenvalue weighted by molar-refractivity contribution is -0.154. The van der Waals surface area contributed by atoms with Crippen LogP contribution in [0.4, 0.5) is 0 Å². The third kappa shape index (κ3) is 9.09. The number of amides is 2. The SMILES string of the molecule is CCOC(COC(=N)/C=C(\O)C(C(=O)N1C[C@H](O)C[C@H]1C(=O)N[C@@H](C)c1ccc(-c2scnc2C)cc1)C(C)C)OCC. The highest BCUT2D eigenvalue weighted by molar-refractivity contribution is 7.13. The van der Waals surface area contributed by atoms with Gasteiger partial charge in [0.2, 0.25) is 17.7 Å². The van der Waals surface area contributed by atoms with Crippen LogP contribution in [0.25, 0.3) is 10.4 Å². The van der Waals surface area contributed by atoms with Crippen molar-refractivity contribution in [2.45, 2.75) is 72.4 Å². The molecule has 0 saturated carbocycles. The molecule has 4 atom stereocenters. The van der Waals surface area contributed by atoms with E-state index in [0.717, 1.165) is 27.8 Å². The van der Waals surface area contributed by atoms with Crippen molar-refractivity contribution in [1.29, 1.82) is 5.41 Å². The van der Waals surface area contributed by atoms with E-state index < -0.39 is 30.3 Å². The number of aryl methyl sites for hydroxylation is 1. The van der Waals surface area contributed by atoms with E-state index in [4.69, 9.17) is 19.6 Å². The van der Waals surface area contributed by atoms with Gasteiger partial charge < -0.3 is 34.6 Å². The van der Waals surface area contributed by atoms with Gasteiger partial charge in [0.1, 0.15) is 18.4 Å². The summed E-state index contributed by atoms with van der Waals surface area (Å²) < 4.78 is 16.2. The van der Waals surface area contributed by atoms with Gasteiger partial charge in [0.05, 0.1) is 34.1 Å². The standard InChI is InChI=1S/C31H44N4O7S/c1-7-40-27(41-8-2)16-42-26(32)14-25(37)28(18(3)4)31(39)35-15-23(36)13-24(35)30(38)34-19(5)21-9-11-22(12-10-21)29-20(6)33-17-43-29/h9-12,14,17-19,23-24,27-28,32,36-37H,7-8,13,15-16H2,1-6H3,(H,34,38)/b25-14-,32-26?/t19-,23+,24-,28?/m0/s1. The van der Waals surface area contributed by atoms with Gasteiger partial charge in [-0.05, 0) is 44.7 Å². The Morgan fingerprint density at radius 1 is 1.19 bits per heavy atom. The highest BCUT2D eigenvalue weighted by Crippen LogP contribution is 2.30. The maximum Gasteiger partial charge on any atom is 0.243 e. The largest absolute Gasteiger partial charge is 0.511 e. The van der Waals surface area contributed by atoms with E-state index in [1.54, 1.807) is 25.2 Å². The molecule has 2 amide bonds. The molecule has 1 aliphatic heterocycles. The quantitative estimate of drug-likeness (QED) is 0.106. The number of aliphatic hydroxyl groups is 2. The second-order valence-electron chi connectivity index (χ2n) is 10.8. The summed E-state index contributed by atoms with van der Waals surface area (Å²) in [6.07, 6.45) is -0.384.